The lowest BCUT2D eigenvalue weighted by Gasteiger charge is -1.92. The highest BCUT2D eigenvalue weighted by atomic mass is 28.2. The van der Waals surface area contributed by atoms with Crippen molar-refractivity contribution in [2.75, 3.05) is 6.61 Å². The highest BCUT2D eigenvalue weighted by Crippen LogP contribution is 1.80. The molecule has 0 aromatic heterocycles. The minimum Gasteiger partial charge on any atom is -0.412 e. The second-order valence-electron chi connectivity index (χ2n) is 1.78. The molecule has 9 heavy (non-hydrogen) atoms. The van der Waals surface area contributed by atoms with Crippen LogP contribution >= 0.6 is 0 Å². The zero-order valence-corrected chi connectivity index (χ0v) is 7.18. The lowest BCUT2D eigenvalue weighted by Crippen LogP contribution is -1.95. The summed E-state index contributed by atoms with van der Waals surface area (Å²) in [6.07, 6.45) is 4.36. The summed E-state index contributed by atoms with van der Waals surface area (Å²) in [5.41, 5.74) is 2.09. The summed E-state index contributed by atoms with van der Waals surface area (Å²) in [5, 5.41) is 0. The molecule has 0 bridgehead atoms. The van der Waals surface area contributed by atoms with Gasteiger partial charge in [-0.15, -0.1) is 0 Å². The Morgan fingerprint density at radius 2 is 2.22 bits per heavy atom. The van der Waals surface area contributed by atoms with E-state index in [1.807, 2.05) is 0 Å². The standard InChI is InChI=1S/C7H14OSi/c1-3-5-7-9-8-6-4-2/h5,7H,3-4,6H2,1-2H3/b7-5+. The van der Waals surface area contributed by atoms with Crippen LogP contribution in [0.3, 0.4) is 0 Å². The van der Waals surface area contributed by atoms with Crippen molar-refractivity contribution in [2.45, 2.75) is 26.7 Å². The van der Waals surface area contributed by atoms with Crippen molar-refractivity contribution in [2.24, 2.45) is 0 Å². The van der Waals surface area contributed by atoms with E-state index in [-0.39, 0.29) is 0 Å². The van der Waals surface area contributed by atoms with Crippen molar-refractivity contribution in [1.82, 2.24) is 0 Å². The number of rotatable bonds is 5. The molecular weight excluding hydrogens is 128 g/mol. The van der Waals surface area contributed by atoms with Gasteiger partial charge >= 0.3 is 0 Å². The van der Waals surface area contributed by atoms with Gasteiger partial charge in [-0.25, -0.2) is 0 Å². The molecule has 0 aliphatic rings. The maximum absolute atomic E-state index is 5.23. The fraction of sp³-hybridized carbons (Fsp3) is 0.714. The topological polar surface area (TPSA) is 9.23 Å². The van der Waals surface area contributed by atoms with E-state index in [0.29, 0.717) is 9.76 Å². The van der Waals surface area contributed by atoms with Crippen LogP contribution < -0.4 is 0 Å². The van der Waals surface area contributed by atoms with Gasteiger partial charge < -0.3 is 4.43 Å². The Hall–Kier alpha value is -0.0831. The van der Waals surface area contributed by atoms with E-state index in [2.05, 4.69) is 25.6 Å². The number of allylic oxidation sites excluding steroid dienone is 1. The van der Waals surface area contributed by atoms with E-state index in [9.17, 15) is 0 Å². The molecule has 0 atom stereocenters. The Labute approximate surface area is 60.1 Å². The second kappa shape index (κ2) is 7.92. The quantitative estimate of drug-likeness (QED) is 0.421. The summed E-state index contributed by atoms with van der Waals surface area (Å²) >= 11 is 0. The van der Waals surface area contributed by atoms with Gasteiger partial charge in [0, 0.05) is 6.61 Å². The molecule has 0 fully saturated rings. The molecule has 0 unspecified atom stereocenters. The third-order valence-corrected chi connectivity index (χ3v) is 1.55. The molecule has 52 valence electrons. The summed E-state index contributed by atoms with van der Waals surface area (Å²) in [6.45, 7) is 5.14. The molecule has 0 saturated heterocycles. The summed E-state index contributed by atoms with van der Waals surface area (Å²) in [6, 6.07) is 0. The molecule has 0 aliphatic carbocycles. The van der Waals surface area contributed by atoms with E-state index in [1.54, 1.807) is 0 Å². The van der Waals surface area contributed by atoms with E-state index in [0.717, 1.165) is 19.4 Å². The average Bonchev–Trinajstić information content (AvgIpc) is 1.89. The fourth-order valence-corrected chi connectivity index (χ4v) is 1.13. The van der Waals surface area contributed by atoms with Crippen molar-refractivity contribution in [3.63, 3.8) is 0 Å². The van der Waals surface area contributed by atoms with Crippen LogP contribution in [0.4, 0.5) is 0 Å². The first-order valence-corrected chi connectivity index (χ1v) is 4.42. The molecule has 0 aromatic rings. The maximum Gasteiger partial charge on any atom is 0.260 e. The first kappa shape index (κ1) is 8.92. The molecule has 0 aromatic carbocycles. The van der Waals surface area contributed by atoms with Gasteiger partial charge in [-0.3, -0.25) is 0 Å². The van der Waals surface area contributed by atoms with Gasteiger partial charge in [-0.2, -0.15) is 0 Å². The minimum atomic E-state index is 0.565. The van der Waals surface area contributed by atoms with Gasteiger partial charge in [0.05, 0.1) is 0 Å². The Kier molecular flexibility index (Phi) is 7.84. The van der Waals surface area contributed by atoms with Gasteiger partial charge in [-0.05, 0) is 12.8 Å². The van der Waals surface area contributed by atoms with Crippen LogP contribution in [-0.2, 0) is 4.43 Å². The largest absolute Gasteiger partial charge is 0.412 e. The van der Waals surface area contributed by atoms with E-state index in [1.165, 1.54) is 0 Å². The highest BCUT2D eigenvalue weighted by Gasteiger charge is 1.80. The van der Waals surface area contributed by atoms with Crippen molar-refractivity contribution < 1.29 is 4.43 Å². The Balaban J connectivity index is 2.82. The minimum absolute atomic E-state index is 0.565. The Morgan fingerprint density at radius 3 is 2.78 bits per heavy atom. The summed E-state index contributed by atoms with van der Waals surface area (Å²) < 4.78 is 5.23. The van der Waals surface area contributed by atoms with Gasteiger partial charge in [0.15, 0.2) is 0 Å². The zero-order chi connectivity index (χ0) is 6.95. The molecule has 2 radical (unpaired) electrons. The van der Waals surface area contributed by atoms with Crippen molar-refractivity contribution in [3.05, 3.63) is 11.8 Å². The molecule has 0 rings (SSSR count). The Bertz CT molecular complexity index is 71.3. The third-order valence-electron chi connectivity index (χ3n) is 0.811. The maximum atomic E-state index is 5.23. The van der Waals surface area contributed by atoms with Crippen LogP contribution in [0.25, 0.3) is 0 Å². The van der Waals surface area contributed by atoms with Crippen LogP contribution in [0.1, 0.15) is 26.7 Å². The molecule has 0 N–H and O–H groups in total. The number of hydrogen-bond acceptors (Lipinski definition) is 1. The average molecular weight is 142 g/mol. The highest BCUT2D eigenvalue weighted by molar-refractivity contribution is 6.34. The van der Waals surface area contributed by atoms with Gasteiger partial charge in [0.2, 0.25) is 0 Å². The Morgan fingerprint density at radius 1 is 1.44 bits per heavy atom. The summed E-state index contributed by atoms with van der Waals surface area (Å²) in [5.74, 6) is 0. The first-order chi connectivity index (χ1) is 4.41. The molecule has 0 amide bonds. The van der Waals surface area contributed by atoms with Crippen LogP contribution in [0, 0.1) is 0 Å². The first-order valence-electron chi connectivity index (χ1n) is 3.44. The zero-order valence-electron chi connectivity index (χ0n) is 6.18. The van der Waals surface area contributed by atoms with Crippen LogP contribution in [-0.4, -0.2) is 16.4 Å². The van der Waals surface area contributed by atoms with Crippen molar-refractivity contribution >= 4 is 9.76 Å². The smallest absolute Gasteiger partial charge is 0.260 e. The molecule has 2 heteroatoms. The normalized spacial score (nSPS) is 10.9. The predicted molar refractivity (Wildman–Crippen MR) is 41.4 cm³/mol. The lowest BCUT2D eigenvalue weighted by atomic mass is 10.5. The van der Waals surface area contributed by atoms with Gasteiger partial charge in [0.1, 0.15) is 0 Å². The molecule has 0 spiro atoms. The predicted octanol–water partition coefficient (Wildman–Crippen LogP) is 1.96. The molecule has 1 nitrogen and oxygen atoms in total. The second-order valence-corrected chi connectivity index (χ2v) is 2.63. The van der Waals surface area contributed by atoms with Gasteiger partial charge in [0.25, 0.3) is 9.76 Å². The summed E-state index contributed by atoms with van der Waals surface area (Å²) in [7, 11) is 0.565. The van der Waals surface area contributed by atoms with E-state index >= 15 is 0 Å². The molecule has 0 aliphatic heterocycles. The van der Waals surface area contributed by atoms with E-state index < -0.39 is 0 Å². The lowest BCUT2D eigenvalue weighted by molar-refractivity contribution is 0.341. The van der Waals surface area contributed by atoms with Crippen LogP contribution in [0.2, 0.25) is 0 Å². The molecular formula is C7H14OSi. The summed E-state index contributed by atoms with van der Waals surface area (Å²) in [4.78, 5) is 0. The van der Waals surface area contributed by atoms with Crippen LogP contribution in [0.15, 0.2) is 11.8 Å². The SMILES string of the molecule is CC/C=C/[Si]OCCC. The monoisotopic (exact) mass is 142 g/mol. The van der Waals surface area contributed by atoms with Crippen molar-refractivity contribution in [1.29, 1.82) is 0 Å². The third kappa shape index (κ3) is 7.92. The van der Waals surface area contributed by atoms with Crippen molar-refractivity contribution in [3.8, 4) is 0 Å². The van der Waals surface area contributed by atoms with E-state index in [4.69, 9.17) is 4.43 Å². The van der Waals surface area contributed by atoms with Crippen LogP contribution in [0.5, 0.6) is 0 Å². The molecule has 0 heterocycles. The number of hydrogen-bond donors (Lipinski definition) is 0. The fourth-order valence-electron chi connectivity index (χ4n) is 0.375. The molecule has 0 saturated carbocycles. The van der Waals surface area contributed by atoms with Gasteiger partial charge in [-0.1, -0.05) is 25.6 Å².